The molecule has 0 aromatic carbocycles. The minimum Gasteiger partial charge on any atom is -0.349 e. The van der Waals surface area contributed by atoms with E-state index in [-0.39, 0.29) is 23.7 Å². The van der Waals surface area contributed by atoms with E-state index in [1.807, 2.05) is 7.05 Å². The first-order valence-electron chi connectivity index (χ1n) is 7.48. The number of H-pyrrole nitrogens is 1. The van der Waals surface area contributed by atoms with Crippen LogP contribution in [-0.4, -0.2) is 26.5 Å². The van der Waals surface area contributed by atoms with E-state index >= 15 is 0 Å². The Balaban J connectivity index is 1.60. The smallest absolute Gasteiger partial charge is 0.223 e. The zero-order valence-electron chi connectivity index (χ0n) is 12.1. The lowest BCUT2D eigenvalue weighted by Gasteiger charge is -2.36. The lowest BCUT2D eigenvalue weighted by atomic mass is 9.67. The molecule has 0 spiro atoms. The van der Waals surface area contributed by atoms with Crippen LogP contribution in [0.2, 0.25) is 0 Å². The zero-order valence-corrected chi connectivity index (χ0v) is 12.9. The number of rotatable bonds is 3. The van der Waals surface area contributed by atoms with Gasteiger partial charge in [0.05, 0.1) is 6.54 Å². The van der Waals surface area contributed by atoms with Crippen LogP contribution in [0.5, 0.6) is 0 Å². The van der Waals surface area contributed by atoms with E-state index in [9.17, 15) is 9.59 Å². The first-order chi connectivity index (χ1) is 10.1. The van der Waals surface area contributed by atoms with Crippen LogP contribution in [0.3, 0.4) is 0 Å². The Labute approximate surface area is 128 Å². The summed E-state index contributed by atoms with van der Waals surface area (Å²) in [5.74, 6) is 1.31. The average molecular weight is 308 g/mol. The van der Waals surface area contributed by atoms with Gasteiger partial charge in [0.15, 0.2) is 10.6 Å². The summed E-state index contributed by atoms with van der Waals surface area (Å²) in [5, 5.41) is 9.70. The number of carbonyl (C=O) groups excluding carboxylic acids is 2. The van der Waals surface area contributed by atoms with Crippen LogP contribution in [0.15, 0.2) is 0 Å². The summed E-state index contributed by atoms with van der Waals surface area (Å²) >= 11 is 5.04. The van der Waals surface area contributed by atoms with Gasteiger partial charge < -0.3 is 9.88 Å². The summed E-state index contributed by atoms with van der Waals surface area (Å²) in [6, 6.07) is 0. The molecule has 7 heteroatoms. The number of fused-ring (bicyclic) bond motifs is 2. The molecule has 2 N–H and O–H groups in total. The van der Waals surface area contributed by atoms with Crippen molar-refractivity contribution in [3.63, 3.8) is 0 Å². The summed E-state index contributed by atoms with van der Waals surface area (Å²) in [6.07, 6.45) is 4.44. The van der Waals surface area contributed by atoms with Crippen molar-refractivity contribution in [2.75, 3.05) is 0 Å². The van der Waals surface area contributed by atoms with E-state index in [1.165, 1.54) is 0 Å². The van der Waals surface area contributed by atoms with Crippen LogP contribution in [0.25, 0.3) is 0 Å². The predicted molar refractivity (Wildman–Crippen MR) is 78.8 cm³/mol. The minimum absolute atomic E-state index is 0.0355. The molecule has 2 aliphatic carbocycles. The highest BCUT2D eigenvalue weighted by molar-refractivity contribution is 7.71. The van der Waals surface area contributed by atoms with Gasteiger partial charge in [-0.1, -0.05) is 6.42 Å². The molecule has 114 valence electrons. The maximum absolute atomic E-state index is 12.3. The van der Waals surface area contributed by atoms with Crippen molar-refractivity contribution < 1.29 is 9.59 Å². The predicted octanol–water partition coefficient (Wildman–Crippen LogP) is 1.49. The molecule has 21 heavy (non-hydrogen) atoms. The zero-order chi connectivity index (χ0) is 15.0. The highest BCUT2D eigenvalue weighted by atomic mass is 32.1. The number of hydrogen-bond acceptors (Lipinski definition) is 4. The molecule has 6 nitrogen and oxygen atoms in total. The van der Waals surface area contributed by atoms with Crippen molar-refractivity contribution in [1.82, 2.24) is 20.1 Å². The molecule has 3 rings (SSSR count). The van der Waals surface area contributed by atoms with Gasteiger partial charge in [0.25, 0.3) is 0 Å². The van der Waals surface area contributed by atoms with Crippen LogP contribution < -0.4 is 5.32 Å². The molecule has 0 saturated heterocycles. The van der Waals surface area contributed by atoms with Crippen LogP contribution >= 0.6 is 12.2 Å². The molecule has 0 aliphatic heterocycles. The van der Waals surface area contributed by atoms with Gasteiger partial charge in [0.2, 0.25) is 5.91 Å². The summed E-state index contributed by atoms with van der Waals surface area (Å²) < 4.78 is 2.28. The Morgan fingerprint density at radius 3 is 2.67 bits per heavy atom. The quantitative estimate of drug-likeness (QED) is 0.829. The Bertz CT molecular complexity index is 605. The summed E-state index contributed by atoms with van der Waals surface area (Å²) in [5.41, 5.74) is 0. The second kappa shape index (κ2) is 5.71. The molecule has 2 saturated carbocycles. The Morgan fingerprint density at radius 2 is 2.10 bits per heavy atom. The Kier molecular flexibility index (Phi) is 3.93. The second-order valence-corrected chi connectivity index (χ2v) is 6.50. The van der Waals surface area contributed by atoms with Gasteiger partial charge in [0.1, 0.15) is 5.78 Å². The number of aromatic amines is 1. The van der Waals surface area contributed by atoms with Gasteiger partial charge in [-0.2, -0.15) is 5.10 Å². The number of ketones is 1. The normalized spacial score (nSPS) is 28.4. The molecule has 3 atom stereocenters. The van der Waals surface area contributed by atoms with Gasteiger partial charge in [0, 0.05) is 24.8 Å². The molecule has 1 heterocycles. The SMILES string of the molecule is Cn1c(CNC(=O)C2C[C@H]3CCC[C@@H](C2)C3=O)n[nH]c1=S. The molecule has 1 aromatic heterocycles. The van der Waals surface area contributed by atoms with E-state index in [0.29, 0.717) is 35.8 Å². The van der Waals surface area contributed by atoms with Gasteiger partial charge in [-0.25, -0.2) is 0 Å². The maximum atomic E-state index is 12.3. The third kappa shape index (κ3) is 2.79. The van der Waals surface area contributed by atoms with Crippen LogP contribution in [0, 0.1) is 22.5 Å². The fourth-order valence-corrected chi connectivity index (χ4v) is 3.69. The molecular weight excluding hydrogens is 288 g/mol. The number of hydrogen-bond donors (Lipinski definition) is 2. The molecule has 0 radical (unpaired) electrons. The van der Waals surface area contributed by atoms with Gasteiger partial charge in [-0.15, -0.1) is 0 Å². The van der Waals surface area contributed by atoms with Crippen molar-refractivity contribution >= 4 is 23.9 Å². The lowest BCUT2D eigenvalue weighted by Crippen LogP contribution is -2.42. The first kappa shape index (κ1) is 14.4. The first-order valence-corrected chi connectivity index (χ1v) is 7.88. The van der Waals surface area contributed by atoms with Crippen molar-refractivity contribution in [3.05, 3.63) is 10.6 Å². The molecule has 2 fully saturated rings. The largest absolute Gasteiger partial charge is 0.349 e. The van der Waals surface area contributed by atoms with Gasteiger partial charge in [-0.3, -0.25) is 14.7 Å². The van der Waals surface area contributed by atoms with Gasteiger partial charge >= 0.3 is 0 Å². The molecular formula is C14H20N4O2S. The number of nitrogens with one attached hydrogen (secondary N) is 2. The van der Waals surface area contributed by atoms with Gasteiger partial charge in [-0.05, 0) is 37.9 Å². The highest BCUT2D eigenvalue weighted by Gasteiger charge is 2.41. The number of amides is 1. The summed E-state index contributed by atoms with van der Waals surface area (Å²) in [6.45, 7) is 0.363. The van der Waals surface area contributed by atoms with E-state index in [2.05, 4.69) is 15.5 Å². The van der Waals surface area contributed by atoms with Crippen molar-refractivity contribution in [2.24, 2.45) is 24.8 Å². The summed E-state index contributed by atoms with van der Waals surface area (Å²) in [4.78, 5) is 24.4. The topological polar surface area (TPSA) is 79.8 Å². The molecule has 1 unspecified atom stereocenters. The van der Waals surface area contributed by atoms with Crippen molar-refractivity contribution in [3.8, 4) is 0 Å². The molecule has 2 aliphatic rings. The standard InChI is InChI=1S/C14H20N4O2S/c1-18-11(16-17-14(18)21)7-15-13(20)10-5-8-3-2-4-9(6-10)12(8)19/h8-10H,2-7H2,1H3,(H,15,20)(H,17,21)/t8-,9+,10?. The lowest BCUT2D eigenvalue weighted by molar-refractivity contribution is -0.137. The number of aromatic nitrogens is 3. The number of Topliss-reactive ketones (excluding diaryl/α,β-unsaturated/α-hetero) is 1. The number of carbonyl (C=O) groups is 2. The van der Waals surface area contributed by atoms with E-state index in [1.54, 1.807) is 4.57 Å². The Hall–Kier alpha value is -1.50. The molecule has 1 amide bonds. The monoisotopic (exact) mass is 308 g/mol. The van der Waals surface area contributed by atoms with Crippen LogP contribution in [0.1, 0.15) is 37.9 Å². The fourth-order valence-electron chi connectivity index (χ4n) is 3.54. The second-order valence-electron chi connectivity index (χ2n) is 6.12. The van der Waals surface area contributed by atoms with Crippen molar-refractivity contribution in [1.29, 1.82) is 0 Å². The molecule has 2 bridgehead atoms. The maximum Gasteiger partial charge on any atom is 0.223 e. The van der Waals surface area contributed by atoms with E-state index in [0.717, 1.165) is 19.3 Å². The highest BCUT2D eigenvalue weighted by Crippen LogP contribution is 2.40. The third-order valence-corrected chi connectivity index (χ3v) is 5.18. The van der Waals surface area contributed by atoms with E-state index in [4.69, 9.17) is 12.2 Å². The molecule has 1 aromatic rings. The average Bonchev–Trinajstić information content (AvgIpc) is 2.76. The van der Waals surface area contributed by atoms with E-state index < -0.39 is 0 Å². The summed E-state index contributed by atoms with van der Waals surface area (Å²) in [7, 11) is 1.82. The third-order valence-electron chi connectivity index (χ3n) is 4.81. The van der Waals surface area contributed by atoms with Crippen LogP contribution in [0.4, 0.5) is 0 Å². The minimum atomic E-state index is -0.0368. The number of nitrogens with zero attached hydrogens (tertiary/aromatic N) is 2. The van der Waals surface area contributed by atoms with Crippen LogP contribution in [-0.2, 0) is 23.2 Å². The fraction of sp³-hybridized carbons (Fsp3) is 0.714. The van der Waals surface area contributed by atoms with Crippen molar-refractivity contribution in [2.45, 2.75) is 38.6 Å². The Morgan fingerprint density at radius 1 is 1.43 bits per heavy atom.